The first-order chi connectivity index (χ1) is 6.79. The zero-order valence-electron chi connectivity index (χ0n) is 7.82. The Morgan fingerprint density at radius 3 is 2.86 bits per heavy atom. The molecular formula is C11H13BrOS. The third kappa shape index (κ3) is 2.15. The third-order valence-electron chi connectivity index (χ3n) is 2.64. The molecule has 1 N–H and O–H groups in total. The number of benzene rings is 1. The molecular weight excluding hydrogens is 260 g/mol. The second-order valence-corrected chi connectivity index (χ2v) is 5.59. The van der Waals surface area contributed by atoms with E-state index in [1.807, 2.05) is 36.0 Å². The minimum Gasteiger partial charge on any atom is -0.388 e. The van der Waals surface area contributed by atoms with Crippen molar-refractivity contribution in [1.82, 2.24) is 0 Å². The standard InChI is InChI=1S/C11H13BrOS/c12-10-4-2-1-3-9(10)11(13)8-5-6-14-7-8/h1-4,8,11,13H,5-7H2. The van der Waals surface area contributed by atoms with Crippen molar-refractivity contribution >= 4 is 27.7 Å². The van der Waals surface area contributed by atoms with Gasteiger partial charge in [0.15, 0.2) is 0 Å². The molecule has 0 radical (unpaired) electrons. The Morgan fingerprint density at radius 2 is 2.21 bits per heavy atom. The third-order valence-corrected chi connectivity index (χ3v) is 4.55. The van der Waals surface area contributed by atoms with Crippen LogP contribution >= 0.6 is 27.7 Å². The maximum Gasteiger partial charge on any atom is 0.0837 e. The number of hydrogen-bond donors (Lipinski definition) is 1. The second kappa shape index (κ2) is 4.69. The van der Waals surface area contributed by atoms with Crippen molar-refractivity contribution in [2.45, 2.75) is 12.5 Å². The van der Waals surface area contributed by atoms with Crippen molar-refractivity contribution < 1.29 is 5.11 Å². The number of thioether (sulfide) groups is 1. The molecule has 76 valence electrons. The van der Waals surface area contributed by atoms with E-state index in [1.165, 1.54) is 5.75 Å². The van der Waals surface area contributed by atoms with Crippen LogP contribution in [0, 0.1) is 5.92 Å². The van der Waals surface area contributed by atoms with E-state index in [-0.39, 0.29) is 6.10 Å². The van der Waals surface area contributed by atoms with Crippen LogP contribution in [0.4, 0.5) is 0 Å². The van der Waals surface area contributed by atoms with Crippen molar-refractivity contribution in [3.05, 3.63) is 34.3 Å². The molecule has 0 aliphatic carbocycles. The first-order valence-electron chi connectivity index (χ1n) is 4.79. The molecule has 3 heteroatoms. The van der Waals surface area contributed by atoms with E-state index in [1.54, 1.807) is 0 Å². The Balaban J connectivity index is 2.17. The van der Waals surface area contributed by atoms with Gasteiger partial charge in [0.2, 0.25) is 0 Å². The molecule has 1 saturated heterocycles. The molecule has 1 nitrogen and oxygen atoms in total. The van der Waals surface area contributed by atoms with Gasteiger partial charge in [-0.25, -0.2) is 0 Å². The van der Waals surface area contributed by atoms with E-state index >= 15 is 0 Å². The molecule has 2 unspecified atom stereocenters. The van der Waals surface area contributed by atoms with Crippen molar-refractivity contribution in [3.8, 4) is 0 Å². The zero-order valence-corrected chi connectivity index (χ0v) is 10.2. The Morgan fingerprint density at radius 1 is 1.43 bits per heavy atom. The summed E-state index contributed by atoms with van der Waals surface area (Å²) in [7, 11) is 0. The smallest absolute Gasteiger partial charge is 0.0837 e. The van der Waals surface area contributed by atoms with E-state index in [9.17, 15) is 5.11 Å². The Bertz CT molecular complexity index is 310. The van der Waals surface area contributed by atoms with Crippen LogP contribution in [0.1, 0.15) is 18.1 Å². The maximum atomic E-state index is 10.2. The van der Waals surface area contributed by atoms with Gasteiger partial charge in [0, 0.05) is 4.47 Å². The lowest BCUT2D eigenvalue weighted by molar-refractivity contribution is 0.120. The summed E-state index contributed by atoms with van der Waals surface area (Å²) in [6.07, 6.45) is 0.827. The number of halogens is 1. The van der Waals surface area contributed by atoms with E-state index in [0.717, 1.165) is 22.2 Å². The molecule has 0 aromatic heterocycles. The molecule has 1 fully saturated rings. The van der Waals surface area contributed by atoms with Crippen LogP contribution in [-0.2, 0) is 0 Å². The van der Waals surface area contributed by atoms with Crippen LogP contribution in [0.25, 0.3) is 0 Å². The second-order valence-electron chi connectivity index (χ2n) is 3.59. The van der Waals surface area contributed by atoms with Gasteiger partial charge in [-0.1, -0.05) is 34.1 Å². The topological polar surface area (TPSA) is 20.2 Å². The maximum absolute atomic E-state index is 10.2. The van der Waals surface area contributed by atoms with Gasteiger partial charge in [0.1, 0.15) is 0 Å². The number of hydrogen-bond acceptors (Lipinski definition) is 2. The normalized spacial score (nSPS) is 23.7. The van der Waals surface area contributed by atoms with Crippen molar-refractivity contribution in [2.24, 2.45) is 5.92 Å². The minimum absolute atomic E-state index is 0.305. The summed E-state index contributed by atoms with van der Waals surface area (Å²) in [5.74, 6) is 2.70. The highest BCUT2D eigenvalue weighted by Gasteiger charge is 2.25. The summed E-state index contributed by atoms with van der Waals surface area (Å²) in [5.41, 5.74) is 1.03. The van der Waals surface area contributed by atoms with Crippen LogP contribution in [0.15, 0.2) is 28.7 Å². The van der Waals surface area contributed by atoms with Crippen LogP contribution in [-0.4, -0.2) is 16.6 Å². The molecule has 2 atom stereocenters. The van der Waals surface area contributed by atoms with Crippen LogP contribution < -0.4 is 0 Å². The van der Waals surface area contributed by atoms with Gasteiger partial charge in [-0.3, -0.25) is 0 Å². The molecule has 0 saturated carbocycles. The molecule has 0 amide bonds. The van der Waals surface area contributed by atoms with Gasteiger partial charge in [0.25, 0.3) is 0 Å². The van der Waals surface area contributed by atoms with Gasteiger partial charge >= 0.3 is 0 Å². The first kappa shape index (κ1) is 10.5. The SMILES string of the molecule is OC(c1ccccc1Br)C1CCSC1. The minimum atomic E-state index is -0.305. The van der Waals surface area contributed by atoms with Crippen LogP contribution in [0.3, 0.4) is 0 Å². The number of aliphatic hydroxyl groups excluding tert-OH is 1. The lowest BCUT2D eigenvalue weighted by Gasteiger charge is -2.18. The quantitative estimate of drug-likeness (QED) is 0.892. The zero-order chi connectivity index (χ0) is 9.97. The van der Waals surface area contributed by atoms with Gasteiger partial charge < -0.3 is 5.11 Å². The Hall–Kier alpha value is 0.01000. The summed E-state index contributed by atoms with van der Waals surface area (Å²) >= 11 is 5.41. The molecule has 14 heavy (non-hydrogen) atoms. The Labute approximate surface area is 97.0 Å². The fraction of sp³-hybridized carbons (Fsp3) is 0.455. The number of rotatable bonds is 2. The largest absolute Gasteiger partial charge is 0.388 e. The molecule has 1 aromatic carbocycles. The summed E-state index contributed by atoms with van der Waals surface area (Å²) in [4.78, 5) is 0. The van der Waals surface area contributed by atoms with E-state index in [2.05, 4.69) is 15.9 Å². The van der Waals surface area contributed by atoms with E-state index < -0.39 is 0 Å². The molecule has 0 bridgehead atoms. The summed E-state index contributed by atoms with van der Waals surface area (Å²) < 4.78 is 1.02. The highest BCUT2D eigenvalue weighted by Crippen LogP contribution is 2.36. The highest BCUT2D eigenvalue weighted by atomic mass is 79.9. The lowest BCUT2D eigenvalue weighted by Crippen LogP contribution is -2.12. The predicted molar refractivity (Wildman–Crippen MR) is 64.5 cm³/mol. The molecule has 2 rings (SSSR count). The van der Waals surface area contributed by atoms with Crippen molar-refractivity contribution in [3.63, 3.8) is 0 Å². The Kier molecular flexibility index (Phi) is 3.52. The first-order valence-corrected chi connectivity index (χ1v) is 6.74. The van der Waals surface area contributed by atoms with Gasteiger partial charge in [0.05, 0.1) is 6.10 Å². The average molecular weight is 273 g/mol. The lowest BCUT2D eigenvalue weighted by atomic mass is 9.95. The van der Waals surface area contributed by atoms with E-state index in [0.29, 0.717) is 5.92 Å². The summed E-state index contributed by atoms with van der Waals surface area (Å²) in [5, 5.41) is 10.2. The molecule has 1 aliphatic rings. The summed E-state index contributed by atoms with van der Waals surface area (Å²) in [6, 6.07) is 7.94. The predicted octanol–water partition coefficient (Wildman–Crippen LogP) is 3.24. The monoisotopic (exact) mass is 272 g/mol. The molecule has 1 heterocycles. The molecule has 1 aliphatic heterocycles. The van der Waals surface area contributed by atoms with Crippen molar-refractivity contribution in [1.29, 1.82) is 0 Å². The van der Waals surface area contributed by atoms with Gasteiger partial charge in [-0.05, 0) is 35.5 Å². The van der Waals surface area contributed by atoms with Gasteiger partial charge in [-0.15, -0.1) is 0 Å². The fourth-order valence-corrected chi connectivity index (χ4v) is 3.58. The average Bonchev–Trinajstić information content (AvgIpc) is 2.70. The fourth-order valence-electron chi connectivity index (χ4n) is 1.77. The van der Waals surface area contributed by atoms with Crippen LogP contribution in [0.5, 0.6) is 0 Å². The molecule has 0 spiro atoms. The van der Waals surface area contributed by atoms with E-state index in [4.69, 9.17) is 0 Å². The summed E-state index contributed by atoms with van der Waals surface area (Å²) in [6.45, 7) is 0. The van der Waals surface area contributed by atoms with Crippen molar-refractivity contribution in [2.75, 3.05) is 11.5 Å². The van der Waals surface area contributed by atoms with Crippen LogP contribution in [0.2, 0.25) is 0 Å². The highest BCUT2D eigenvalue weighted by molar-refractivity contribution is 9.10. The number of aliphatic hydroxyl groups is 1. The molecule has 1 aromatic rings. The van der Waals surface area contributed by atoms with Gasteiger partial charge in [-0.2, -0.15) is 11.8 Å².